The fourth-order valence-electron chi connectivity index (χ4n) is 2.66. The molecule has 2 rings (SSSR count). The van der Waals surface area contributed by atoms with Gasteiger partial charge in [-0.05, 0) is 48.4 Å². The summed E-state index contributed by atoms with van der Waals surface area (Å²) >= 11 is 5.86. The highest BCUT2D eigenvalue weighted by Gasteiger charge is 2.13. The second-order valence-corrected chi connectivity index (χ2v) is 6.68. The number of ether oxygens (including phenoxy) is 4. The Kier molecular flexibility index (Phi) is 8.55. The molecule has 160 valence electrons. The second kappa shape index (κ2) is 11.1. The Hall–Kier alpha value is -3.19. The normalized spacial score (nSPS) is 11.6. The van der Waals surface area contributed by atoms with Crippen LogP contribution in [0.15, 0.2) is 42.5 Å². The fraction of sp³-hybridized carbons (Fsp3) is 0.273. The smallest absolute Gasteiger partial charge is 0.331 e. The maximum Gasteiger partial charge on any atom is 0.331 e. The molecule has 1 atom stereocenters. The highest BCUT2D eigenvalue weighted by Crippen LogP contribution is 2.38. The first-order valence-electron chi connectivity index (χ1n) is 9.07. The van der Waals surface area contributed by atoms with Crippen molar-refractivity contribution < 1.29 is 28.5 Å². The Morgan fingerprint density at radius 3 is 2.17 bits per heavy atom. The minimum atomic E-state index is -0.655. The topological polar surface area (TPSA) is 83.1 Å². The van der Waals surface area contributed by atoms with E-state index in [2.05, 4.69) is 5.32 Å². The Bertz CT molecular complexity index is 885. The summed E-state index contributed by atoms with van der Waals surface area (Å²) < 4.78 is 20.8. The molecule has 0 aliphatic heterocycles. The molecule has 0 bridgehead atoms. The Morgan fingerprint density at radius 2 is 1.63 bits per heavy atom. The maximum atomic E-state index is 12.0. The molecule has 0 aromatic heterocycles. The number of benzene rings is 2. The van der Waals surface area contributed by atoms with Gasteiger partial charge in [0.25, 0.3) is 5.91 Å². The van der Waals surface area contributed by atoms with Crippen LogP contribution in [0, 0.1) is 0 Å². The van der Waals surface area contributed by atoms with Gasteiger partial charge in [-0.15, -0.1) is 0 Å². The molecule has 7 nitrogen and oxygen atoms in total. The van der Waals surface area contributed by atoms with Gasteiger partial charge in [-0.1, -0.05) is 23.7 Å². The van der Waals surface area contributed by atoms with Crippen LogP contribution in [0.2, 0.25) is 5.02 Å². The number of carbonyl (C=O) groups excluding carboxylic acids is 2. The van der Waals surface area contributed by atoms with Crippen molar-refractivity contribution in [2.75, 3.05) is 27.9 Å². The standard InChI is InChI=1S/C22H24ClNO6/c1-14(16-6-8-17(23)9-7-16)24-20(25)13-30-21(26)10-5-15-11-18(27-2)22(29-4)19(12-15)28-3/h5-12,14H,13H2,1-4H3,(H,24,25). The van der Waals surface area contributed by atoms with Crippen molar-refractivity contribution in [3.8, 4) is 17.2 Å². The average Bonchev–Trinajstić information content (AvgIpc) is 2.75. The zero-order valence-corrected chi connectivity index (χ0v) is 18.0. The molecule has 0 spiro atoms. The lowest BCUT2D eigenvalue weighted by Gasteiger charge is -2.14. The van der Waals surface area contributed by atoms with Crippen molar-refractivity contribution in [3.63, 3.8) is 0 Å². The molecule has 2 aromatic rings. The molecule has 0 heterocycles. The van der Waals surface area contributed by atoms with Gasteiger partial charge in [-0.25, -0.2) is 4.79 Å². The van der Waals surface area contributed by atoms with Crippen molar-refractivity contribution in [2.45, 2.75) is 13.0 Å². The predicted octanol–water partition coefficient (Wildman–Crippen LogP) is 3.80. The van der Waals surface area contributed by atoms with Crippen LogP contribution in [-0.4, -0.2) is 39.8 Å². The van der Waals surface area contributed by atoms with Crippen LogP contribution in [-0.2, 0) is 14.3 Å². The first kappa shape index (κ1) is 23.1. The van der Waals surface area contributed by atoms with Crippen molar-refractivity contribution in [2.24, 2.45) is 0 Å². The lowest BCUT2D eigenvalue weighted by atomic mass is 10.1. The predicted molar refractivity (Wildman–Crippen MR) is 114 cm³/mol. The molecule has 0 aliphatic rings. The molecule has 0 saturated heterocycles. The van der Waals surface area contributed by atoms with Gasteiger partial charge in [0.15, 0.2) is 18.1 Å². The van der Waals surface area contributed by atoms with E-state index < -0.39 is 18.5 Å². The largest absolute Gasteiger partial charge is 0.493 e. The van der Waals surface area contributed by atoms with Gasteiger partial charge in [0, 0.05) is 11.1 Å². The van der Waals surface area contributed by atoms with E-state index in [9.17, 15) is 9.59 Å². The van der Waals surface area contributed by atoms with E-state index in [0.29, 0.717) is 27.8 Å². The molecule has 0 saturated carbocycles. The van der Waals surface area contributed by atoms with Gasteiger partial charge in [0.05, 0.1) is 27.4 Å². The summed E-state index contributed by atoms with van der Waals surface area (Å²) in [6, 6.07) is 10.3. The van der Waals surface area contributed by atoms with E-state index in [-0.39, 0.29) is 6.04 Å². The van der Waals surface area contributed by atoms with E-state index in [1.807, 2.05) is 19.1 Å². The number of hydrogen-bond acceptors (Lipinski definition) is 6. The van der Waals surface area contributed by atoms with Crippen molar-refractivity contribution >= 4 is 29.6 Å². The van der Waals surface area contributed by atoms with Gasteiger partial charge in [0.1, 0.15) is 0 Å². The number of methoxy groups -OCH3 is 3. The summed E-state index contributed by atoms with van der Waals surface area (Å²) in [5, 5.41) is 3.37. The van der Waals surface area contributed by atoms with E-state index in [1.165, 1.54) is 33.5 Å². The second-order valence-electron chi connectivity index (χ2n) is 6.24. The first-order valence-corrected chi connectivity index (χ1v) is 9.45. The monoisotopic (exact) mass is 433 g/mol. The van der Waals surface area contributed by atoms with Crippen LogP contribution in [0.3, 0.4) is 0 Å². The zero-order valence-electron chi connectivity index (χ0n) is 17.2. The summed E-state index contributed by atoms with van der Waals surface area (Å²) in [4.78, 5) is 24.0. The maximum absolute atomic E-state index is 12.0. The molecule has 1 amide bonds. The quantitative estimate of drug-likeness (QED) is 0.478. The summed E-state index contributed by atoms with van der Waals surface area (Å²) in [6.45, 7) is 1.43. The highest BCUT2D eigenvalue weighted by atomic mass is 35.5. The number of halogens is 1. The minimum absolute atomic E-state index is 0.247. The molecule has 1 N–H and O–H groups in total. The molecular weight excluding hydrogens is 410 g/mol. The Balaban J connectivity index is 1.91. The molecule has 0 fully saturated rings. The van der Waals surface area contributed by atoms with Gasteiger partial charge < -0.3 is 24.3 Å². The van der Waals surface area contributed by atoms with Crippen molar-refractivity contribution in [1.82, 2.24) is 5.32 Å². The van der Waals surface area contributed by atoms with Crippen LogP contribution in [0.5, 0.6) is 17.2 Å². The number of amides is 1. The lowest BCUT2D eigenvalue weighted by Crippen LogP contribution is -2.30. The zero-order chi connectivity index (χ0) is 22.1. The van der Waals surface area contributed by atoms with Gasteiger partial charge in [0.2, 0.25) is 5.75 Å². The van der Waals surface area contributed by atoms with Crippen LogP contribution >= 0.6 is 11.6 Å². The van der Waals surface area contributed by atoms with Crippen LogP contribution in [0.1, 0.15) is 24.1 Å². The number of hydrogen-bond donors (Lipinski definition) is 1. The Morgan fingerprint density at radius 1 is 1.03 bits per heavy atom. The third kappa shape index (κ3) is 6.42. The first-order chi connectivity index (χ1) is 14.4. The number of rotatable bonds is 9. The molecule has 0 radical (unpaired) electrons. The summed E-state index contributed by atoms with van der Waals surface area (Å²) in [5.74, 6) is 0.303. The van der Waals surface area contributed by atoms with Crippen LogP contribution in [0.4, 0.5) is 0 Å². The van der Waals surface area contributed by atoms with Gasteiger partial charge in [-0.3, -0.25) is 4.79 Å². The summed E-state index contributed by atoms with van der Waals surface area (Å²) in [5.41, 5.74) is 1.53. The van der Waals surface area contributed by atoms with Crippen molar-refractivity contribution in [3.05, 3.63) is 58.6 Å². The SMILES string of the molecule is COc1cc(C=CC(=O)OCC(=O)NC(C)c2ccc(Cl)cc2)cc(OC)c1OC. The minimum Gasteiger partial charge on any atom is -0.493 e. The third-order valence-corrected chi connectivity index (χ3v) is 4.44. The average molecular weight is 434 g/mol. The summed E-state index contributed by atoms with van der Waals surface area (Å²) in [7, 11) is 4.51. The number of nitrogens with one attached hydrogen (secondary N) is 1. The van der Waals surface area contributed by atoms with Crippen molar-refractivity contribution in [1.29, 1.82) is 0 Å². The third-order valence-electron chi connectivity index (χ3n) is 4.19. The van der Waals surface area contributed by atoms with E-state index in [4.69, 9.17) is 30.5 Å². The summed E-state index contributed by atoms with van der Waals surface area (Å²) in [6.07, 6.45) is 2.75. The fourth-order valence-corrected chi connectivity index (χ4v) is 2.79. The lowest BCUT2D eigenvalue weighted by molar-refractivity contribution is -0.144. The number of esters is 1. The van der Waals surface area contributed by atoms with Crippen LogP contribution in [0.25, 0.3) is 6.08 Å². The van der Waals surface area contributed by atoms with E-state index in [0.717, 1.165) is 5.56 Å². The molecular formula is C22H24ClNO6. The highest BCUT2D eigenvalue weighted by molar-refractivity contribution is 6.30. The number of carbonyl (C=O) groups is 2. The molecule has 30 heavy (non-hydrogen) atoms. The molecule has 1 unspecified atom stereocenters. The van der Waals surface area contributed by atoms with Gasteiger partial charge in [-0.2, -0.15) is 0 Å². The molecule has 8 heteroatoms. The Labute approximate surface area is 180 Å². The molecule has 0 aliphatic carbocycles. The van der Waals surface area contributed by atoms with Gasteiger partial charge >= 0.3 is 5.97 Å². The van der Waals surface area contributed by atoms with E-state index >= 15 is 0 Å². The molecule has 2 aromatic carbocycles. The van der Waals surface area contributed by atoms with Crippen LogP contribution < -0.4 is 19.5 Å². The van der Waals surface area contributed by atoms with E-state index in [1.54, 1.807) is 24.3 Å².